The molecule has 0 atom stereocenters. The van der Waals surface area contributed by atoms with Crippen LogP contribution >= 0.6 is 11.3 Å². The number of carbonyl (C=O) groups excluding carboxylic acids is 1. The number of nitrogens with zero attached hydrogens (tertiary/aromatic N) is 2. The summed E-state index contributed by atoms with van der Waals surface area (Å²) in [5.41, 5.74) is 2.12. The van der Waals surface area contributed by atoms with Gasteiger partial charge in [0.05, 0.1) is 19.1 Å². The highest BCUT2D eigenvalue weighted by molar-refractivity contribution is 7.09. The van der Waals surface area contributed by atoms with Gasteiger partial charge in [0.15, 0.2) is 11.5 Å². The fraction of sp³-hybridized carbons (Fsp3) is 0.100. The predicted octanol–water partition coefficient (Wildman–Crippen LogP) is 4.84. The van der Waals surface area contributed by atoms with Crippen LogP contribution in [0, 0.1) is 0 Å². The number of thiophene rings is 1. The van der Waals surface area contributed by atoms with E-state index < -0.39 is 0 Å². The van der Waals surface area contributed by atoms with Gasteiger partial charge in [-0.3, -0.25) is 4.79 Å². The predicted molar refractivity (Wildman–Crippen MR) is 98.5 cm³/mol. The monoisotopic (exact) mass is 364 g/mol. The molecule has 3 heterocycles. The van der Waals surface area contributed by atoms with Crippen molar-refractivity contribution in [1.82, 2.24) is 10.1 Å². The summed E-state index contributed by atoms with van der Waals surface area (Å²) in [6.45, 7) is 0.954. The van der Waals surface area contributed by atoms with Crippen molar-refractivity contribution in [3.63, 3.8) is 0 Å². The van der Waals surface area contributed by atoms with E-state index in [9.17, 15) is 4.79 Å². The number of benzene rings is 1. The van der Waals surface area contributed by atoms with Crippen molar-refractivity contribution >= 4 is 17.2 Å². The van der Waals surface area contributed by atoms with Crippen LogP contribution in [0.15, 0.2) is 81.4 Å². The summed E-state index contributed by atoms with van der Waals surface area (Å²) in [7, 11) is 0. The highest BCUT2D eigenvalue weighted by Crippen LogP contribution is 2.22. The standard InChI is InChI=1S/C20H16N2O3S/c23-20(18-11-19(25-21-18)16-5-2-1-3-6-16)22(12-15-8-9-24-14-15)13-17-7-4-10-26-17/h1-11,14H,12-13H2. The zero-order valence-electron chi connectivity index (χ0n) is 13.9. The zero-order valence-corrected chi connectivity index (χ0v) is 14.7. The molecular weight excluding hydrogens is 348 g/mol. The van der Waals surface area contributed by atoms with Gasteiger partial charge in [0, 0.05) is 28.6 Å². The van der Waals surface area contributed by atoms with Crippen LogP contribution in [0.25, 0.3) is 11.3 Å². The number of hydrogen-bond donors (Lipinski definition) is 0. The maximum absolute atomic E-state index is 13.0. The number of aromatic nitrogens is 1. The number of hydrogen-bond acceptors (Lipinski definition) is 5. The Morgan fingerprint density at radius 3 is 2.69 bits per heavy atom. The van der Waals surface area contributed by atoms with Gasteiger partial charge in [0.1, 0.15) is 0 Å². The van der Waals surface area contributed by atoms with Crippen molar-refractivity contribution in [2.75, 3.05) is 0 Å². The second-order valence-corrected chi connectivity index (χ2v) is 6.85. The van der Waals surface area contributed by atoms with Crippen molar-refractivity contribution in [3.05, 3.63) is 88.6 Å². The van der Waals surface area contributed by atoms with E-state index in [4.69, 9.17) is 8.94 Å². The van der Waals surface area contributed by atoms with Gasteiger partial charge in [0.25, 0.3) is 5.91 Å². The molecule has 0 aliphatic rings. The fourth-order valence-corrected chi connectivity index (χ4v) is 3.39. The van der Waals surface area contributed by atoms with Gasteiger partial charge in [-0.2, -0.15) is 0 Å². The number of rotatable bonds is 6. The van der Waals surface area contributed by atoms with Gasteiger partial charge in [-0.1, -0.05) is 41.6 Å². The molecule has 0 saturated carbocycles. The Bertz CT molecular complexity index is 924. The molecule has 0 aliphatic carbocycles. The molecule has 0 N–H and O–H groups in total. The SMILES string of the molecule is O=C(c1cc(-c2ccccc2)on1)N(Cc1ccoc1)Cc1cccs1. The Kier molecular flexibility index (Phi) is 4.66. The lowest BCUT2D eigenvalue weighted by Gasteiger charge is -2.20. The van der Waals surface area contributed by atoms with E-state index >= 15 is 0 Å². The van der Waals surface area contributed by atoms with Gasteiger partial charge in [-0.05, 0) is 17.5 Å². The maximum Gasteiger partial charge on any atom is 0.276 e. The largest absolute Gasteiger partial charge is 0.472 e. The fourth-order valence-electron chi connectivity index (χ4n) is 2.67. The van der Waals surface area contributed by atoms with Crippen molar-refractivity contribution < 1.29 is 13.7 Å². The topological polar surface area (TPSA) is 59.5 Å². The molecule has 4 aromatic rings. The van der Waals surface area contributed by atoms with Crippen molar-refractivity contribution in [1.29, 1.82) is 0 Å². The second-order valence-electron chi connectivity index (χ2n) is 5.81. The van der Waals surface area contributed by atoms with E-state index in [-0.39, 0.29) is 5.91 Å². The van der Waals surface area contributed by atoms with Crippen LogP contribution < -0.4 is 0 Å². The van der Waals surface area contributed by atoms with Gasteiger partial charge >= 0.3 is 0 Å². The summed E-state index contributed by atoms with van der Waals surface area (Å²) < 4.78 is 10.5. The molecule has 0 bridgehead atoms. The Labute approximate surface area is 154 Å². The minimum Gasteiger partial charge on any atom is -0.472 e. The first-order chi connectivity index (χ1) is 12.8. The van der Waals surface area contributed by atoms with Crippen LogP contribution in [0.2, 0.25) is 0 Å². The summed E-state index contributed by atoms with van der Waals surface area (Å²) >= 11 is 1.62. The minimum atomic E-state index is -0.175. The zero-order chi connectivity index (χ0) is 17.8. The molecule has 1 aromatic carbocycles. The summed E-state index contributed by atoms with van der Waals surface area (Å²) in [5, 5.41) is 5.99. The summed E-state index contributed by atoms with van der Waals surface area (Å²) in [6.07, 6.45) is 3.25. The lowest BCUT2D eigenvalue weighted by atomic mass is 10.1. The van der Waals surface area contributed by atoms with Gasteiger partial charge in [-0.15, -0.1) is 11.3 Å². The van der Waals surface area contributed by atoms with Crippen LogP contribution in [0.4, 0.5) is 0 Å². The maximum atomic E-state index is 13.0. The average molecular weight is 364 g/mol. The number of amides is 1. The lowest BCUT2D eigenvalue weighted by molar-refractivity contribution is 0.0721. The Morgan fingerprint density at radius 1 is 1.08 bits per heavy atom. The van der Waals surface area contributed by atoms with Crippen LogP contribution in [0.1, 0.15) is 20.9 Å². The molecule has 130 valence electrons. The third-order valence-electron chi connectivity index (χ3n) is 3.96. The molecule has 0 aliphatic heterocycles. The molecular formula is C20H16N2O3S. The molecule has 4 rings (SSSR count). The first kappa shape index (κ1) is 16.4. The second kappa shape index (κ2) is 7.41. The summed E-state index contributed by atoms with van der Waals surface area (Å²) in [4.78, 5) is 15.9. The molecule has 0 radical (unpaired) electrons. The van der Waals surface area contributed by atoms with Crippen LogP contribution in [-0.2, 0) is 13.1 Å². The molecule has 0 saturated heterocycles. The number of furan rings is 1. The Hall–Kier alpha value is -3.12. The average Bonchev–Trinajstić information content (AvgIpc) is 3.44. The summed E-state index contributed by atoms with van der Waals surface area (Å²) in [6, 6.07) is 17.1. The summed E-state index contributed by atoms with van der Waals surface area (Å²) in [5.74, 6) is 0.402. The third kappa shape index (κ3) is 3.60. The van der Waals surface area contributed by atoms with E-state index in [2.05, 4.69) is 5.16 Å². The van der Waals surface area contributed by atoms with E-state index in [0.29, 0.717) is 24.5 Å². The Balaban J connectivity index is 1.58. The van der Waals surface area contributed by atoms with Crippen molar-refractivity contribution in [2.45, 2.75) is 13.1 Å². The molecule has 26 heavy (non-hydrogen) atoms. The smallest absolute Gasteiger partial charge is 0.276 e. The molecule has 6 heteroatoms. The van der Waals surface area contributed by atoms with Crippen LogP contribution in [-0.4, -0.2) is 16.0 Å². The van der Waals surface area contributed by atoms with Gasteiger partial charge < -0.3 is 13.8 Å². The molecule has 0 fully saturated rings. The molecule has 1 amide bonds. The first-order valence-corrected chi connectivity index (χ1v) is 9.02. The van der Waals surface area contributed by atoms with Crippen molar-refractivity contribution in [3.8, 4) is 11.3 Å². The highest BCUT2D eigenvalue weighted by Gasteiger charge is 2.21. The van der Waals surface area contributed by atoms with Gasteiger partial charge in [-0.25, -0.2) is 0 Å². The molecule has 5 nitrogen and oxygen atoms in total. The first-order valence-electron chi connectivity index (χ1n) is 8.14. The van der Waals surface area contributed by atoms with E-state index in [1.807, 2.05) is 53.9 Å². The highest BCUT2D eigenvalue weighted by atomic mass is 32.1. The molecule has 0 unspecified atom stereocenters. The lowest BCUT2D eigenvalue weighted by Crippen LogP contribution is -2.29. The van der Waals surface area contributed by atoms with E-state index in [1.54, 1.807) is 34.8 Å². The van der Waals surface area contributed by atoms with E-state index in [1.165, 1.54) is 0 Å². The van der Waals surface area contributed by atoms with Crippen LogP contribution in [0.5, 0.6) is 0 Å². The molecule has 0 spiro atoms. The number of carbonyl (C=O) groups is 1. The van der Waals surface area contributed by atoms with Crippen molar-refractivity contribution in [2.24, 2.45) is 0 Å². The molecule has 3 aromatic heterocycles. The Morgan fingerprint density at radius 2 is 1.96 bits per heavy atom. The van der Waals surface area contributed by atoms with Gasteiger partial charge in [0.2, 0.25) is 0 Å². The van der Waals surface area contributed by atoms with E-state index in [0.717, 1.165) is 16.0 Å². The minimum absolute atomic E-state index is 0.175. The normalized spacial score (nSPS) is 10.8. The quantitative estimate of drug-likeness (QED) is 0.491. The third-order valence-corrected chi connectivity index (χ3v) is 4.82. The van der Waals surface area contributed by atoms with Crippen LogP contribution in [0.3, 0.4) is 0 Å².